The summed E-state index contributed by atoms with van der Waals surface area (Å²) in [5.74, 6) is -12.2. The number of ether oxygens (including phenoxy) is 1. The quantitative estimate of drug-likeness (QED) is 0.697. The molecule has 0 aliphatic heterocycles. The maximum absolute atomic E-state index is 12.1. The van der Waals surface area contributed by atoms with Gasteiger partial charge in [0.15, 0.2) is 0 Å². The van der Waals surface area contributed by atoms with Crippen molar-refractivity contribution in [2.24, 2.45) is 0 Å². The molecule has 0 amide bonds. The lowest BCUT2D eigenvalue weighted by atomic mass is 10.2. The molecule has 0 saturated heterocycles. The second-order valence-corrected chi connectivity index (χ2v) is 2.35. The largest absolute Gasteiger partial charge is 0.459 e. The lowest BCUT2D eigenvalue weighted by molar-refractivity contribution is -0.367. The summed E-state index contributed by atoms with van der Waals surface area (Å²) in [5, 5.41) is 0. The lowest BCUT2D eigenvalue weighted by Crippen LogP contribution is -2.54. The molecule has 0 spiro atoms. The van der Waals surface area contributed by atoms with E-state index in [1.807, 2.05) is 0 Å². The van der Waals surface area contributed by atoms with Crippen molar-refractivity contribution in [2.75, 3.05) is 6.61 Å². The third kappa shape index (κ3) is 3.14. The van der Waals surface area contributed by atoms with Crippen molar-refractivity contribution in [3.8, 4) is 0 Å². The van der Waals surface area contributed by atoms with Gasteiger partial charge in [0.05, 0.1) is 0 Å². The zero-order chi connectivity index (χ0) is 12.5. The monoisotopic (exact) mass is 250 g/mol. The van der Waals surface area contributed by atoms with E-state index in [0.717, 1.165) is 0 Å². The van der Waals surface area contributed by atoms with Gasteiger partial charge in [-0.25, -0.2) is 0 Å². The lowest BCUT2D eigenvalue weighted by Gasteiger charge is -2.27. The van der Waals surface area contributed by atoms with Gasteiger partial charge in [0.1, 0.15) is 6.61 Å². The molecule has 0 aliphatic rings. The summed E-state index contributed by atoms with van der Waals surface area (Å²) < 4.78 is 107. The van der Waals surface area contributed by atoms with Crippen LogP contribution in [0.4, 0.5) is 39.5 Å². The van der Waals surface area contributed by atoms with Crippen LogP contribution in [-0.4, -0.2) is 31.2 Å². The smallest absolute Gasteiger partial charge is 0.316 e. The number of alkyl halides is 9. The molecular weight excluding hydrogens is 247 g/mol. The highest BCUT2D eigenvalue weighted by atomic mass is 19.4. The average Bonchev–Trinajstić information content (AvgIpc) is 1.98. The molecule has 0 saturated carbocycles. The second-order valence-electron chi connectivity index (χ2n) is 2.35. The van der Waals surface area contributed by atoms with Crippen molar-refractivity contribution in [1.29, 1.82) is 0 Å². The van der Waals surface area contributed by atoms with E-state index in [-0.39, 0.29) is 0 Å². The first-order valence-electron chi connectivity index (χ1n) is 3.14. The molecule has 92 valence electrons. The first-order valence-corrected chi connectivity index (χ1v) is 3.14. The predicted octanol–water partition coefficient (Wildman–Crippen LogP) is 3.06. The molecule has 0 fully saturated rings. The molecule has 15 heavy (non-hydrogen) atoms. The van der Waals surface area contributed by atoms with E-state index in [0.29, 0.717) is 0 Å². The Labute approximate surface area is 76.8 Å². The van der Waals surface area contributed by atoms with E-state index in [2.05, 4.69) is 4.74 Å². The Kier molecular flexibility index (Phi) is 3.88. The molecular formula is C5H3F9O. The summed E-state index contributed by atoms with van der Waals surface area (Å²) >= 11 is 0. The van der Waals surface area contributed by atoms with Crippen molar-refractivity contribution in [3.05, 3.63) is 0 Å². The molecule has 0 N–H and O–H groups in total. The van der Waals surface area contributed by atoms with Crippen LogP contribution < -0.4 is 0 Å². The Balaban J connectivity index is 4.70. The minimum Gasteiger partial charge on any atom is -0.316 e. The molecule has 0 unspecified atom stereocenters. The summed E-state index contributed by atoms with van der Waals surface area (Å²) in [5.41, 5.74) is 0. The molecule has 0 aliphatic carbocycles. The maximum Gasteiger partial charge on any atom is 0.459 e. The fourth-order valence-corrected chi connectivity index (χ4v) is 0.466. The Morgan fingerprint density at radius 1 is 0.867 bits per heavy atom. The van der Waals surface area contributed by atoms with Crippen LogP contribution in [-0.2, 0) is 4.74 Å². The van der Waals surface area contributed by atoms with Gasteiger partial charge in [0.2, 0.25) is 0 Å². The van der Waals surface area contributed by atoms with Crippen LogP contribution in [0, 0.1) is 0 Å². The molecule has 1 nitrogen and oxygen atoms in total. The van der Waals surface area contributed by atoms with Gasteiger partial charge in [0, 0.05) is 0 Å². The predicted molar refractivity (Wildman–Crippen MR) is 27.9 cm³/mol. The third-order valence-corrected chi connectivity index (χ3v) is 1.21. The van der Waals surface area contributed by atoms with E-state index in [1.54, 1.807) is 0 Å². The standard InChI is InChI=1S/C5H3F9O/c6-2(7)15-1-3(8,9)4(10,11)5(12,13)14/h2H,1H2. The van der Waals surface area contributed by atoms with E-state index < -0.39 is 31.2 Å². The molecule has 0 atom stereocenters. The van der Waals surface area contributed by atoms with Crippen LogP contribution in [0.15, 0.2) is 0 Å². The summed E-state index contributed by atoms with van der Waals surface area (Å²) in [6, 6.07) is 0. The molecule has 0 heterocycles. The number of rotatable bonds is 4. The highest BCUT2D eigenvalue weighted by molar-refractivity contribution is 4.90. The zero-order valence-corrected chi connectivity index (χ0v) is 6.59. The minimum atomic E-state index is -6.54. The summed E-state index contributed by atoms with van der Waals surface area (Å²) in [4.78, 5) is 0. The fourth-order valence-electron chi connectivity index (χ4n) is 0.466. The van der Waals surface area contributed by atoms with Crippen molar-refractivity contribution in [3.63, 3.8) is 0 Å². The van der Waals surface area contributed by atoms with Crippen molar-refractivity contribution >= 4 is 0 Å². The van der Waals surface area contributed by atoms with Gasteiger partial charge >= 0.3 is 24.6 Å². The summed E-state index contributed by atoms with van der Waals surface area (Å²) in [6.07, 6.45) is -6.54. The van der Waals surface area contributed by atoms with Crippen LogP contribution >= 0.6 is 0 Å². The van der Waals surface area contributed by atoms with Crippen molar-refractivity contribution in [2.45, 2.75) is 24.6 Å². The second kappa shape index (κ2) is 4.06. The first kappa shape index (κ1) is 14.3. The first-order chi connectivity index (χ1) is 6.42. The van der Waals surface area contributed by atoms with Crippen LogP contribution in [0.5, 0.6) is 0 Å². The highest BCUT2D eigenvalue weighted by Gasteiger charge is 2.73. The Bertz CT molecular complexity index is 207. The zero-order valence-electron chi connectivity index (χ0n) is 6.59. The molecule has 10 heteroatoms. The molecule has 0 aromatic rings. The van der Waals surface area contributed by atoms with E-state index in [1.165, 1.54) is 0 Å². The normalized spacial score (nSPS) is 14.8. The summed E-state index contributed by atoms with van der Waals surface area (Å²) in [6.45, 7) is -6.59. The van der Waals surface area contributed by atoms with E-state index in [9.17, 15) is 39.5 Å². The molecule has 0 radical (unpaired) electrons. The van der Waals surface area contributed by atoms with Crippen LogP contribution in [0.2, 0.25) is 0 Å². The minimum absolute atomic E-state index is 2.72. The van der Waals surface area contributed by atoms with Crippen molar-refractivity contribution < 1.29 is 44.3 Å². The Hall–Kier alpha value is -0.670. The van der Waals surface area contributed by atoms with Gasteiger partial charge in [-0.15, -0.1) is 0 Å². The van der Waals surface area contributed by atoms with E-state index in [4.69, 9.17) is 0 Å². The average molecular weight is 250 g/mol. The molecule has 0 rings (SSSR count). The van der Waals surface area contributed by atoms with Crippen LogP contribution in [0.1, 0.15) is 0 Å². The molecule has 0 aromatic heterocycles. The number of hydrogen-bond donors (Lipinski definition) is 0. The summed E-state index contributed by atoms with van der Waals surface area (Å²) in [7, 11) is 0. The van der Waals surface area contributed by atoms with Gasteiger partial charge in [-0.05, 0) is 0 Å². The Morgan fingerprint density at radius 2 is 1.27 bits per heavy atom. The van der Waals surface area contributed by atoms with E-state index >= 15 is 0 Å². The van der Waals surface area contributed by atoms with Crippen molar-refractivity contribution in [1.82, 2.24) is 0 Å². The van der Waals surface area contributed by atoms with Gasteiger partial charge < -0.3 is 4.74 Å². The van der Waals surface area contributed by atoms with Gasteiger partial charge in [-0.2, -0.15) is 39.5 Å². The van der Waals surface area contributed by atoms with Gasteiger partial charge in [-0.1, -0.05) is 0 Å². The fraction of sp³-hybridized carbons (Fsp3) is 1.00. The molecule has 0 aromatic carbocycles. The van der Waals surface area contributed by atoms with Gasteiger partial charge in [-0.3, -0.25) is 0 Å². The van der Waals surface area contributed by atoms with Crippen LogP contribution in [0.3, 0.4) is 0 Å². The topological polar surface area (TPSA) is 9.23 Å². The van der Waals surface area contributed by atoms with Crippen LogP contribution in [0.25, 0.3) is 0 Å². The SMILES string of the molecule is FC(F)OCC(F)(F)C(F)(F)C(F)(F)F. The highest BCUT2D eigenvalue weighted by Crippen LogP contribution is 2.46. The number of halogens is 9. The maximum atomic E-state index is 12.1. The number of hydrogen-bond acceptors (Lipinski definition) is 1. The Morgan fingerprint density at radius 3 is 1.53 bits per heavy atom. The van der Waals surface area contributed by atoms with Gasteiger partial charge in [0.25, 0.3) is 0 Å². The molecule has 0 bridgehead atoms. The third-order valence-electron chi connectivity index (χ3n) is 1.21.